The third-order valence-electron chi connectivity index (χ3n) is 2.81. The summed E-state index contributed by atoms with van der Waals surface area (Å²) >= 11 is 0. The summed E-state index contributed by atoms with van der Waals surface area (Å²) in [6, 6.07) is 8.61. The van der Waals surface area contributed by atoms with Gasteiger partial charge >= 0.3 is 12.1 Å². The van der Waals surface area contributed by atoms with E-state index in [0.717, 1.165) is 5.56 Å². The summed E-state index contributed by atoms with van der Waals surface area (Å²) in [5, 5.41) is 2.56. The van der Waals surface area contributed by atoms with Crippen molar-refractivity contribution in [2.45, 2.75) is 52.4 Å². The second-order valence-electron chi connectivity index (χ2n) is 6.10. The van der Waals surface area contributed by atoms with E-state index in [9.17, 15) is 9.59 Å². The van der Waals surface area contributed by atoms with Gasteiger partial charge in [-0.05, 0) is 39.7 Å². The minimum Gasteiger partial charge on any atom is -0.459 e. The Bertz CT molecular complexity index is 532. The molecule has 0 heterocycles. The van der Waals surface area contributed by atoms with Gasteiger partial charge in [-0.15, -0.1) is 0 Å². The molecule has 0 aliphatic rings. The smallest absolute Gasteiger partial charge is 0.408 e. The molecule has 1 amide bonds. The van der Waals surface area contributed by atoms with Crippen molar-refractivity contribution in [2.75, 3.05) is 0 Å². The molecule has 1 atom stereocenters. The maximum atomic E-state index is 12.2. The minimum atomic E-state index is -0.773. The highest BCUT2D eigenvalue weighted by molar-refractivity contribution is 5.81. The van der Waals surface area contributed by atoms with Crippen molar-refractivity contribution in [3.8, 4) is 0 Å². The molecule has 0 radical (unpaired) electrons. The van der Waals surface area contributed by atoms with E-state index in [2.05, 4.69) is 5.32 Å². The Kier molecular flexibility index (Phi) is 7.32. The van der Waals surface area contributed by atoms with Crippen LogP contribution in [-0.2, 0) is 20.9 Å². The van der Waals surface area contributed by atoms with Crippen molar-refractivity contribution in [3.05, 3.63) is 48.0 Å². The van der Waals surface area contributed by atoms with E-state index in [0.29, 0.717) is 6.42 Å². The first-order valence-corrected chi connectivity index (χ1v) is 7.63. The Morgan fingerprint density at radius 2 is 1.87 bits per heavy atom. The number of hydrogen-bond donors (Lipinski definition) is 1. The molecule has 1 N–H and O–H groups in total. The maximum Gasteiger partial charge on any atom is 0.408 e. The first-order chi connectivity index (χ1) is 10.8. The second-order valence-corrected chi connectivity index (χ2v) is 6.10. The Labute approximate surface area is 137 Å². The Morgan fingerprint density at radius 3 is 2.43 bits per heavy atom. The van der Waals surface area contributed by atoms with Gasteiger partial charge in [0.25, 0.3) is 0 Å². The molecule has 1 unspecified atom stereocenters. The molecule has 0 saturated heterocycles. The van der Waals surface area contributed by atoms with Crippen molar-refractivity contribution in [1.82, 2.24) is 5.32 Å². The molecule has 5 heteroatoms. The third-order valence-corrected chi connectivity index (χ3v) is 2.81. The summed E-state index contributed by atoms with van der Waals surface area (Å²) in [6.45, 7) is 7.31. The number of esters is 1. The van der Waals surface area contributed by atoms with Crippen LogP contribution in [0, 0.1) is 0 Å². The fourth-order valence-corrected chi connectivity index (χ4v) is 1.77. The Balaban J connectivity index is 2.61. The van der Waals surface area contributed by atoms with Gasteiger partial charge < -0.3 is 14.8 Å². The largest absolute Gasteiger partial charge is 0.459 e. The predicted octanol–water partition coefficient (Wildman–Crippen LogP) is 3.59. The molecule has 0 saturated carbocycles. The number of nitrogens with one attached hydrogen (secondary N) is 1. The highest BCUT2D eigenvalue weighted by Gasteiger charge is 2.24. The zero-order chi connectivity index (χ0) is 17.3. The van der Waals surface area contributed by atoms with E-state index in [4.69, 9.17) is 9.47 Å². The van der Waals surface area contributed by atoms with Gasteiger partial charge in [-0.25, -0.2) is 9.59 Å². The molecule has 0 aliphatic heterocycles. The number of amides is 1. The number of benzene rings is 1. The lowest BCUT2D eigenvalue weighted by atomic mass is 10.2. The quantitative estimate of drug-likeness (QED) is 0.643. The first-order valence-electron chi connectivity index (χ1n) is 7.63. The zero-order valence-corrected chi connectivity index (χ0v) is 14.2. The predicted molar refractivity (Wildman–Crippen MR) is 88.8 cm³/mol. The molecule has 0 fully saturated rings. The molecule has 23 heavy (non-hydrogen) atoms. The van der Waals surface area contributed by atoms with Gasteiger partial charge in [0.2, 0.25) is 0 Å². The van der Waals surface area contributed by atoms with Gasteiger partial charge in [-0.3, -0.25) is 0 Å². The van der Waals surface area contributed by atoms with Crippen LogP contribution >= 0.6 is 0 Å². The van der Waals surface area contributed by atoms with Crippen LogP contribution in [-0.4, -0.2) is 23.7 Å². The van der Waals surface area contributed by atoms with Crippen LogP contribution in [0.15, 0.2) is 42.5 Å². The zero-order valence-electron chi connectivity index (χ0n) is 14.2. The molecule has 0 bridgehead atoms. The molecular weight excluding hydrogens is 294 g/mol. The monoisotopic (exact) mass is 319 g/mol. The van der Waals surface area contributed by atoms with Crippen LogP contribution in [0.25, 0.3) is 0 Å². The number of carbonyl (C=O) groups is 2. The fourth-order valence-electron chi connectivity index (χ4n) is 1.77. The van der Waals surface area contributed by atoms with Crippen LogP contribution in [0.3, 0.4) is 0 Å². The Morgan fingerprint density at radius 1 is 1.22 bits per heavy atom. The number of hydrogen-bond acceptors (Lipinski definition) is 4. The van der Waals surface area contributed by atoms with E-state index < -0.39 is 23.7 Å². The van der Waals surface area contributed by atoms with Crippen molar-refractivity contribution in [2.24, 2.45) is 0 Å². The number of rotatable bonds is 6. The van der Waals surface area contributed by atoms with E-state index >= 15 is 0 Å². The van der Waals surface area contributed by atoms with E-state index in [-0.39, 0.29) is 6.61 Å². The highest BCUT2D eigenvalue weighted by Crippen LogP contribution is 2.09. The lowest BCUT2D eigenvalue weighted by Crippen LogP contribution is -2.44. The third kappa shape index (κ3) is 8.04. The molecule has 0 spiro atoms. The van der Waals surface area contributed by atoms with Crippen LogP contribution in [0.2, 0.25) is 0 Å². The summed E-state index contributed by atoms with van der Waals surface area (Å²) in [5.41, 5.74) is 0.270. The van der Waals surface area contributed by atoms with Crippen LogP contribution in [0.1, 0.15) is 39.7 Å². The van der Waals surface area contributed by atoms with Gasteiger partial charge in [0.05, 0.1) is 0 Å². The lowest BCUT2D eigenvalue weighted by molar-refractivity contribution is -0.147. The molecule has 1 rings (SSSR count). The van der Waals surface area contributed by atoms with Gasteiger partial charge in [-0.1, -0.05) is 42.5 Å². The normalized spacial score (nSPS) is 12.7. The standard InChI is InChI=1S/C18H25NO4/c1-5-6-12-15(19-17(21)23-18(2,3)4)16(20)22-13-14-10-8-7-9-11-14/h5-11,15H,12-13H2,1-4H3,(H,19,21)/b6-5-. The topological polar surface area (TPSA) is 64.6 Å². The number of alkyl carbamates (subject to hydrolysis) is 1. The van der Waals surface area contributed by atoms with Crippen molar-refractivity contribution >= 4 is 12.1 Å². The molecular formula is C18H25NO4. The van der Waals surface area contributed by atoms with Gasteiger partial charge in [0, 0.05) is 0 Å². The number of allylic oxidation sites excluding steroid dienone is 1. The number of carbonyl (C=O) groups excluding carboxylic acids is 2. The summed E-state index contributed by atoms with van der Waals surface area (Å²) in [4.78, 5) is 24.0. The van der Waals surface area contributed by atoms with E-state index in [1.807, 2.05) is 43.3 Å². The Hall–Kier alpha value is -2.30. The SMILES string of the molecule is C/C=C\CC(NC(=O)OC(C)(C)C)C(=O)OCc1ccccc1. The summed E-state index contributed by atoms with van der Waals surface area (Å²) in [7, 11) is 0. The molecule has 1 aromatic carbocycles. The lowest BCUT2D eigenvalue weighted by Gasteiger charge is -2.22. The average molecular weight is 319 g/mol. The minimum absolute atomic E-state index is 0.169. The van der Waals surface area contributed by atoms with Gasteiger partial charge in [0.15, 0.2) is 0 Å². The molecule has 0 aromatic heterocycles. The average Bonchev–Trinajstić information content (AvgIpc) is 2.48. The van der Waals surface area contributed by atoms with Crippen LogP contribution in [0.4, 0.5) is 4.79 Å². The van der Waals surface area contributed by atoms with Crippen molar-refractivity contribution < 1.29 is 19.1 Å². The van der Waals surface area contributed by atoms with Crippen LogP contribution < -0.4 is 5.32 Å². The van der Waals surface area contributed by atoms with Crippen LogP contribution in [0.5, 0.6) is 0 Å². The summed E-state index contributed by atoms with van der Waals surface area (Å²) in [6.07, 6.45) is 3.33. The first kappa shape index (κ1) is 18.7. The van der Waals surface area contributed by atoms with Crippen molar-refractivity contribution in [1.29, 1.82) is 0 Å². The summed E-state index contributed by atoms with van der Waals surface area (Å²) < 4.78 is 10.5. The van der Waals surface area contributed by atoms with E-state index in [1.165, 1.54) is 0 Å². The number of ether oxygens (including phenoxy) is 2. The molecule has 5 nitrogen and oxygen atoms in total. The summed E-state index contributed by atoms with van der Waals surface area (Å²) in [5.74, 6) is -0.488. The van der Waals surface area contributed by atoms with Gasteiger partial charge in [-0.2, -0.15) is 0 Å². The second kappa shape index (κ2) is 8.98. The molecule has 1 aromatic rings. The van der Waals surface area contributed by atoms with Crippen molar-refractivity contribution in [3.63, 3.8) is 0 Å². The highest BCUT2D eigenvalue weighted by atomic mass is 16.6. The van der Waals surface area contributed by atoms with E-state index in [1.54, 1.807) is 26.8 Å². The molecule has 0 aliphatic carbocycles. The maximum absolute atomic E-state index is 12.2. The van der Waals surface area contributed by atoms with Gasteiger partial charge in [0.1, 0.15) is 18.2 Å². The molecule has 126 valence electrons. The fraction of sp³-hybridized carbons (Fsp3) is 0.444.